The molecule has 0 saturated carbocycles. The van der Waals surface area contributed by atoms with Crippen LogP contribution in [0.2, 0.25) is 0 Å². The van der Waals surface area contributed by atoms with Crippen LogP contribution in [0.15, 0.2) is 30.3 Å². The van der Waals surface area contributed by atoms with Crippen LogP contribution < -0.4 is 0 Å². The Hall–Kier alpha value is -1.55. The van der Waals surface area contributed by atoms with Crippen LogP contribution in [0.3, 0.4) is 0 Å². The third-order valence-corrected chi connectivity index (χ3v) is 3.33. The Balaban J connectivity index is 2.62. The molecule has 0 spiro atoms. The van der Waals surface area contributed by atoms with Gasteiger partial charge in [0.15, 0.2) is 0 Å². The molecule has 1 atom stereocenters. The van der Waals surface area contributed by atoms with Crippen molar-refractivity contribution in [1.29, 1.82) is 0 Å². The molecular formula is C15H20ClNO3. The van der Waals surface area contributed by atoms with Gasteiger partial charge in [0.25, 0.3) is 0 Å². The van der Waals surface area contributed by atoms with Crippen molar-refractivity contribution in [2.45, 2.75) is 19.8 Å². The molecule has 0 N–H and O–H groups in total. The van der Waals surface area contributed by atoms with Gasteiger partial charge in [-0.25, -0.2) is 0 Å². The van der Waals surface area contributed by atoms with Crippen LogP contribution >= 0.6 is 11.6 Å². The second kappa shape index (κ2) is 8.59. The van der Waals surface area contributed by atoms with Crippen molar-refractivity contribution < 1.29 is 14.3 Å². The molecule has 4 nitrogen and oxygen atoms in total. The minimum Gasteiger partial charge on any atom is -0.466 e. The van der Waals surface area contributed by atoms with Crippen LogP contribution in [0.1, 0.15) is 18.9 Å². The average molecular weight is 298 g/mol. The number of nitrogens with zero attached hydrogens (tertiary/aromatic N) is 1. The maximum absolute atomic E-state index is 11.9. The smallest absolute Gasteiger partial charge is 0.316 e. The van der Waals surface area contributed by atoms with Gasteiger partial charge in [-0.1, -0.05) is 30.3 Å². The maximum Gasteiger partial charge on any atom is 0.316 e. The summed E-state index contributed by atoms with van der Waals surface area (Å²) in [7, 11) is 1.57. The van der Waals surface area contributed by atoms with Gasteiger partial charge in [0.1, 0.15) is 0 Å². The summed E-state index contributed by atoms with van der Waals surface area (Å²) in [6, 6.07) is 9.90. The van der Waals surface area contributed by atoms with Gasteiger partial charge >= 0.3 is 11.3 Å². The molecule has 5 heteroatoms. The van der Waals surface area contributed by atoms with Crippen LogP contribution in [0.25, 0.3) is 0 Å². The summed E-state index contributed by atoms with van der Waals surface area (Å²) in [4.78, 5) is 24.3. The van der Waals surface area contributed by atoms with E-state index in [0.29, 0.717) is 13.0 Å². The summed E-state index contributed by atoms with van der Waals surface area (Å²) in [6.07, 6.45) is 1.38. The first-order chi connectivity index (χ1) is 9.54. The van der Waals surface area contributed by atoms with Gasteiger partial charge in [-0.3, -0.25) is 9.59 Å². The lowest BCUT2D eigenvalue weighted by Gasteiger charge is -2.21. The standard InChI is InChI=1S/C15H20ClNO3/c1-3-20-14(18)13(11-17(2)15(16)19)10-9-12-7-5-4-6-8-12/h4-8,13H,3,9-11H2,1-2H3. The Kier molecular flexibility index (Phi) is 7.09. The second-order valence-electron chi connectivity index (χ2n) is 4.61. The van der Waals surface area contributed by atoms with Crippen LogP contribution in [-0.2, 0) is 16.0 Å². The Morgan fingerprint density at radius 2 is 1.95 bits per heavy atom. The molecule has 110 valence electrons. The quantitative estimate of drug-likeness (QED) is 0.441. The van der Waals surface area contributed by atoms with E-state index in [1.807, 2.05) is 30.3 Å². The monoisotopic (exact) mass is 297 g/mol. The molecular weight excluding hydrogens is 278 g/mol. The van der Waals surface area contributed by atoms with Crippen molar-refractivity contribution in [3.8, 4) is 0 Å². The van der Waals surface area contributed by atoms with Crippen molar-refractivity contribution in [2.75, 3.05) is 20.2 Å². The van der Waals surface area contributed by atoms with Gasteiger partial charge < -0.3 is 9.64 Å². The first-order valence-electron chi connectivity index (χ1n) is 6.65. The zero-order valence-corrected chi connectivity index (χ0v) is 12.6. The summed E-state index contributed by atoms with van der Waals surface area (Å²) < 4.78 is 5.05. The SMILES string of the molecule is CCOC(=O)C(CCc1ccccc1)CN(C)C(=O)Cl. The number of hydrogen-bond acceptors (Lipinski definition) is 3. The predicted molar refractivity (Wildman–Crippen MR) is 78.8 cm³/mol. The van der Waals surface area contributed by atoms with Gasteiger partial charge in [0, 0.05) is 13.6 Å². The fraction of sp³-hybridized carbons (Fsp3) is 0.467. The molecule has 0 aliphatic heterocycles. The predicted octanol–water partition coefficient (Wildman–Crippen LogP) is 3.09. The lowest BCUT2D eigenvalue weighted by Crippen LogP contribution is -2.33. The topological polar surface area (TPSA) is 46.6 Å². The minimum atomic E-state index is -0.570. The lowest BCUT2D eigenvalue weighted by atomic mass is 9.99. The van der Waals surface area contributed by atoms with E-state index in [1.165, 1.54) is 4.90 Å². The largest absolute Gasteiger partial charge is 0.466 e. The number of benzene rings is 1. The molecule has 1 amide bonds. The van der Waals surface area contributed by atoms with E-state index in [1.54, 1.807) is 14.0 Å². The Morgan fingerprint density at radius 3 is 2.50 bits per heavy atom. The van der Waals surface area contributed by atoms with Gasteiger partial charge in [-0.15, -0.1) is 0 Å². The summed E-state index contributed by atoms with van der Waals surface area (Å²) in [5, 5.41) is -0.570. The van der Waals surface area contributed by atoms with Crippen molar-refractivity contribution in [3.63, 3.8) is 0 Å². The van der Waals surface area contributed by atoms with Gasteiger partial charge in [0.05, 0.1) is 12.5 Å². The first kappa shape index (κ1) is 16.5. The van der Waals surface area contributed by atoms with E-state index in [2.05, 4.69) is 0 Å². The third-order valence-electron chi connectivity index (χ3n) is 3.04. The number of ether oxygens (including phenoxy) is 1. The van der Waals surface area contributed by atoms with E-state index < -0.39 is 5.37 Å². The number of rotatable bonds is 7. The van der Waals surface area contributed by atoms with Crippen LogP contribution in [0.5, 0.6) is 0 Å². The molecule has 20 heavy (non-hydrogen) atoms. The Morgan fingerprint density at radius 1 is 1.30 bits per heavy atom. The van der Waals surface area contributed by atoms with E-state index in [4.69, 9.17) is 16.3 Å². The molecule has 0 fully saturated rings. The van der Waals surface area contributed by atoms with E-state index in [0.717, 1.165) is 12.0 Å². The van der Waals surface area contributed by atoms with Crippen LogP contribution in [0, 0.1) is 5.92 Å². The van der Waals surface area contributed by atoms with Crippen molar-refractivity contribution >= 4 is 22.9 Å². The highest BCUT2D eigenvalue weighted by Gasteiger charge is 2.23. The fourth-order valence-electron chi connectivity index (χ4n) is 1.93. The zero-order chi connectivity index (χ0) is 15.0. The number of hydrogen-bond donors (Lipinski definition) is 0. The molecule has 0 aliphatic carbocycles. The Bertz CT molecular complexity index is 436. The molecule has 0 heterocycles. The number of amides is 1. The fourth-order valence-corrected chi connectivity index (χ4v) is 2.00. The summed E-state index contributed by atoms with van der Waals surface area (Å²) >= 11 is 5.41. The summed E-state index contributed by atoms with van der Waals surface area (Å²) in [6.45, 7) is 2.37. The second-order valence-corrected chi connectivity index (χ2v) is 4.93. The molecule has 1 aromatic carbocycles. The van der Waals surface area contributed by atoms with Crippen LogP contribution in [0.4, 0.5) is 4.79 Å². The first-order valence-corrected chi connectivity index (χ1v) is 7.03. The highest BCUT2D eigenvalue weighted by Crippen LogP contribution is 2.14. The molecule has 0 saturated heterocycles. The molecule has 0 bridgehead atoms. The minimum absolute atomic E-state index is 0.272. The normalized spacial score (nSPS) is 11.8. The number of aryl methyl sites for hydroxylation is 1. The number of halogens is 1. The van der Waals surface area contributed by atoms with Crippen molar-refractivity contribution in [3.05, 3.63) is 35.9 Å². The maximum atomic E-state index is 11.9. The summed E-state index contributed by atoms with van der Waals surface area (Å²) in [5.41, 5.74) is 1.15. The van der Waals surface area contributed by atoms with Gasteiger partial charge in [0.2, 0.25) is 0 Å². The highest BCUT2D eigenvalue weighted by atomic mass is 35.5. The molecule has 0 radical (unpaired) electrons. The zero-order valence-electron chi connectivity index (χ0n) is 11.8. The Labute approximate surface area is 124 Å². The molecule has 1 aromatic rings. The molecule has 0 aromatic heterocycles. The lowest BCUT2D eigenvalue weighted by molar-refractivity contribution is -0.148. The van der Waals surface area contributed by atoms with E-state index in [9.17, 15) is 9.59 Å². The summed E-state index contributed by atoms with van der Waals surface area (Å²) in [5.74, 6) is -0.643. The molecule has 0 aliphatic rings. The van der Waals surface area contributed by atoms with Crippen molar-refractivity contribution in [2.24, 2.45) is 5.92 Å². The highest BCUT2D eigenvalue weighted by molar-refractivity contribution is 6.62. The average Bonchev–Trinajstić information content (AvgIpc) is 2.44. The van der Waals surface area contributed by atoms with Crippen LogP contribution in [-0.4, -0.2) is 36.4 Å². The number of carbonyl (C=O) groups is 2. The number of carbonyl (C=O) groups excluding carboxylic acids is 2. The number of esters is 1. The van der Waals surface area contributed by atoms with Crippen molar-refractivity contribution in [1.82, 2.24) is 4.90 Å². The van der Waals surface area contributed by atoms with Gasteiger partial charge in [-0.2, -0.15) is 0 Å². The molecule has 1 rings (SSSR count). The molecule has 1 unspecified atom stereocenters. The van der Waals surface area contributed by atoms with Gasteiger partial charge in [-0.05, 0) is 36.9 Å². The van der Waals surface area contributed by atoms with E-state index >= 15 is 0 Å². The third kappa shape index (κ3) is 5.61. The van der Waals surface area contributed by atoms with E-state index in [-0.39, 0.29) is 18.4 Å².